The Labute approximate surface area is 176 Å². The van der Waals surface area contributed by atoms with E-state index in [9.17, 15) is 14.0 Å². The number of carbonyl (C=O) groups is 2. The van der Waals surface area contributed by atoms with E-state index in [1.54, 1.807) is 4.90 Å². The maximum Gasteiger partial charge on any atom is 0.253 e. The fourth-order valence-corrected chi connectivity index (χ4v) is 3.85. The summed E-state index contributed by atoms with van der Waals surface area (Å²) in [6.45, 7) is 5.09. The molecule has 2 unspecified atom stereocenters. The second kappa shape index (κ2) is 9.40. The first kappa shape index (κ1) is 21.3. The second-order valence-corrected chi connectivity index (χ2v) is 8.32. The van der Waals surface area contributed by atoms with E-state index in [4.69, 9.17) is 11.6 Å². The molecule has 154 valence electrons. The van der Waals surface area contributed by atoms with Crippen LogP contribution in [0.4, 0.5) is 4.39 Å². The van der Waals surface area contributed by atoms with Crippen LogP contribution in [0.2, 0.25) is 5.02 Å². The fourth-order valence-electron chi connectivity index (χ4n) is 3.73. The van der Waals surface area contributed by atoms with Crippen molar-refractivity contribution in [2.45, 2.75) is 32.7 Å². The van der Waals surface area contributed by atoms with E-state index >= 15 is 0 Å². The van der Waals surface area contributed by atoms with Gasteiger partial charge in [0.1, 0.15) is 5.82 Å². The zero-order chi connectivity index (χ0) is 21.0. The number of halogens is 2. The molecular weight excluding hydrogens is 391 g/mol. The van der Waals surface area contributed by atoms with Crippen LogP contribution in [0.25, 0.3) is 0 Å². The lowest BCUT2D eigenvalue weighted by molar-refractivity contribution is -0.127. The number of carbonyl (C=O) groups excluding carboxylic acids is 2. The minimum absolute atomic E-state index is 0.0461. The average Bonchev–Trinajstić information content (AvgIpc) is 2.72. The lowest BCUT2D eigenvalue weighted by Crippen LogP contribution is -2.46. The molecular formula is C23H26ClFN2O2. The number of likely N-dealkylation sites (tertiary alicyclic amines) is 1. The molecule has 3 rings (SSSR count). The number of amides is 2. The molecule has 1 fully saturated rings. The zero-order valence-corrected chi connectivity index (χ0v) is 17.5. The predicted octanol–water partition coefficient (Wildman–Crippen LogP) is 4.84. The molecule has 1 aliphatic heterocycles. The summed E-state index contributed by atoms with van der Waals surface area (Å²) in [5, 5.41) is 3.82. The molecule has 2 atom stereocenters. The van der Waals surface area contributed by atoms with Gasteiger partial charge in [-0.3, -0.25) is 9.59 Å². The van der Waals surface area contributed by atoms with Gasteiger partial charge in [-0.1, -0.05) is 37.6 Å². The van der Waals surface area contributed by atoms with Crippen molar-refractivity contribution >= 4 is 23.4 Å². The van der Waals surface area contributed by atoms with Crippen LogP contribution < -0.4 is 5.32 Å². The summed E-state index contributed by atoms with van der Waals surface area (Å²) in [7, 11) is 0. The van der Waals surface area contributed by atoms with E-state index in [0.29, 0.717) is 23.7 Å². The molecule has 2 aromatic rings. The number of rotatable bonds is 5. The van der Waals surface area contributed by atoms with Gasteiger partial charge >= 0.3 is 0 Å². The van der Waals surface area contributed by atoms with Crippen LogP contribution in [0.5, 0.6) is 0 Å². The molecule has 0 bridgehead atoms. The van der Waals surface area contributed by atoms with Crippen LogP contribution in [0.15, 0.2) is 48.5 Å². The molecule has 1 aliphatic rings. The first-order chi connectivity index (χ1) is 13.8. The van der Waals surface area contributed by atoms with Gasteiger partial charge < -0.3 is 10.2 Å². The summed E-state index contributed by atoms with van der Waals surface area (Å²) < 4.78 is 13.1. The normalized spacial score (nSPS) is 17.8. The molecule has 1 heterocycles. The summed E-state index contributed by atoms with van der Waals surface area (Å²) in [5.74, 6) is -0.641. The maximum atomic E-state index is 13.1. The van der Waals surface area contributed by atoms with Crippen LogP contribution in [0.3, 0.4) is 0 Å². The molecule has 6 heteroatoms. The molecule has 4 nitrogen and oxygen atoms in total. The summed E-state index contributed by atoms with van der Waals surface area (Å²) in [4.78, 5) is 27.4. The highest BCUT2D eigenvalue weighted by molar-refractivity contribution is 6.30. The third kappa shape index (κ3) is 5.36. The molecule has 0 aliphatic carbocycles. The standard InChI is InChI=1S/C23H26ClFN2O2/c1-15(2)21(16-5-9-19(24)10-6-16)26-22(28)18-4-3-13-27(14-18)23(29)17-7-11-20(25)12-8-17/h5-12,15,18,21H,3-4,13-14H2,1-2H3,(H,26,28). The topological polar surface area (TPSA) is 49.4 Å². The lowest BCUT2D eigenvalue weighted by Gasteiger charge is -2.33. The number of benzene rings is 2. The van der Waals surface area contributed by atoms with Crippen molar-refractivity contribution in [1.82, 2.24) is 10.2 Å². The Bertz CT molecular complexity index is 852. The van der Waals surface area contributed by atoms with Crippen LogP contribution >= 0.6 is 11.6 Å². The molecule has 1 saturated heterocycles. The monoisotopic (exact) mass is 416 g/mol. The first-order valence-corrected chi connectivity index (χ1v) is 10.3. The Balaban J connectivity index is 1.67. The largest absolute Gasteiger partial charge is 0.349 e. The minimum Gasteiger partial charge on any atom is -0.349 e. The molecule has 0 saturated carbocycles. The van der Waals surface area contributed by atoms with Gasteiger partial charge in [0.05, 0.1) is 12.0 Å². The van der Waals surface area contributed by atoms with E-state index in [1.165, 1.54) is 24.3 Å². The van der Waals surface area contributed by atoms with E-state index in [-0.39, 0.29) is 35.5 Å². The van der Waals surface area contributed by atoms with E-state index < -0.39 is 0 Å². The quantitative estimate of drug-likeness (QED) is 0.757. The summed E-state index contributed by atoms with van der Waals surface area (Å²) in [6.07, 6.45) is 1.50. The molecule has 2 aromatic carbocycles. The van der Waals surface area contributed by atoms with E-state index in [1.807, 2.05) is 24.3 Å². The lowest BCUT2D eigenvalue weighted by atomic mass is 9.92. The Kier molecular flexibility index (Phi) is 6.91. The zero-order valence-electron chi connectivity index (χ0n) is 16.7. The Hall–Kier alpha value is -2.40. The van der Waals surface area contributed by atoms with Gasteiger partial charge in [-0.15, -0.1) is 0 Å². The molecule has 1 N–H and O–H groups in total. The first-order valence-electron chi connectivity index (χ1n) is 9.96. The highest BCUT2D eigenvalue weighted by Gasteiger charge is 2.30. The van der Waals surface area contributed by atoms with Crippen LogP contribution in [-0.4, -0.2) is 29.8 Å². The van der Waals surface area contributed by atoms with Gasteiger partial charge in [0.2, 0.25) is 5.91 Å². The molecule has 0 spiro atoms. The van der Waals surface area contributed by atoms with Crippen molar-refractivity contribution in [3.63, 3.8) is 0 Å². The van der Waals surface area contributed by atoms with Crippen molar-refractivity contribution in [2.24, 2.45) is 11.8 Å². The SMILES string of the molecule is CC(C)C(NC(=O)C1CCCN(C(=O)c2ccc(F)cc2)C1)c1ccc(Cl)cc1. The third-order valence-electron chi connectivity index (χ3n) is 5.36. The Morgan fingerprint density at radius 2 is 1.76 bits per heavy atom. The highest BCUT2D eigenvalue weighted by Crippen LogP contribution is 2.25. The number of piperidine rings is 1. The highest BCUT2D eigenvalue weighted by atomic mass is 35.5. The number of hydrogen-bond acceptors (Lipinski definition) is 2. The Morgan fingerprint density at radius 1 is 1.10 bits per heavy atom. The van der Waals surface area contributed by atoms with Crippen molar-refractivity contribution in [1.29, 1.82) is 0 Å². The number of nitrogens with zero attached hydrogens (tertiary/aromatic N) is 1. The van der Waals surface area contributed by atoms with Gasteiger partial charge in [0.15, 0.2) is 0 Å². The maximum absolute atomic E-state index is 13.1. The molecule has 29 heavy (non-hydrogen) atoms. The van der Waals surface area contributed by atoms with Crippen molar-refractivity contribution in [3.05, 3.63) is 70.5 Å². The van der Waals surface area contributed by atoms with Gasteiger partial charge in [0.25, 0.3) is 5.91 Å². The van der Waals surface area contributed by atoms with Crippen LogP contribution in [0.1, 0.15) is 48.7 Å². The smallest absolute Gasteiger partial charge is 0.253 e. The van der Waals surface area contributed by atoms with Crippen molar-refractivity contribution in [2.75, 3.05) is 13.1 Å². The fraction of sp³-hybridized carbons (Fsp3) is 0.391. The third-order valence-corrected chi connectivity index (χ3v) is 5.62. The van der Waals surface area contributed by atoms with Gasteiger partial charge in [-0.2, -0.15) is 0 Å². The molecule has 2 amide bonds. The van der Waals surface area contributed by atoms with Crippen LogP contribution in [0, 0.1) is 17.7 Å². The van der Waals surface area contributed by atoms with Crippen molar-refractivity contribution < 1.29 is 14.0 Å². The van der Waals surface area contributed by atoms with Gasteiger partial charge in [-0.25, -0.2) is 4.39 Å². The van der Waals surface area contributed by atoms with E-state index in [2.05, 4.69) is 19.2 Å². The van der Waals surface area contributed by atoms with Gasteiger partial charge in [0, 0.05) is 23.7 Å². The summed E-state index contributed by atoms with van der Waals surface area (Å²) in [6, 6.07) is 12.9. The summed E-state index contributed by atoms with van der Waals surface area (Å²) in [5.41, 5.74) is 1.45. The second-order valence-electron chi connectivity index (χ2n) is 7.88. The minimum atomic E-state index is -0.376. The van der Waals surface area contributed by atoms with Crippen molar-refractivity contribution in [3.8, 4) is 0 Å². The Morgan fingerprint density at radius 3 is 2.38 bits per heavy atom. The van der Waals surface area contributed by atoms with Gasteiger partial charge in [-0.05, 0) is 60.7 Å². The molecule has 0 aromatic heterocycles. The average molecular weight is 417 g/mol. The number of nitrogens with one attached hydrogen (secondary N) is 1. The predicted molar refractivity (Wildman–Crippen MR) is 112 cm³/mol. The summed E-state index contributed by atoms with van der Waals surface area (Å²) >= 11 is 5.98. The van der Waals surface area contributed by atoms with E-state index in [0.717, 1.165) is 18.4 Å². The van der Waals surface area contributed by atoms with Crippen LogP contribution in [-0.2, 0) is 4.79 Å². The molecule has 0 radical (unpaired) electrons. The number of hydrogen-bond donors (Lipinski definition) is 1.